The minimum Gasteiger partial charge on any atom is -0.373 e. The zero-order chi connectivity index (χ0) is 16.5. The Bertz CT molecular complexity index is 597. The van der Waals surface area contributed by atoms with Crippen molar-refractivity contribution in [2.24, 2.45) is 0 Å². The summed E-state index contributed by atoms with van der Waals surface area (Å²) in [5, 5.41) is 0. The molecule has 4 rings (SSSR count). The lowest BCUT2D eigenvalue weighted by molar-refractivity contribution is -0.135. The van der Waals surface area contributed by atoms with Crippen molar-refractivity contribution >= 4 is 5.91 Å². The number of carbonyl (C=O) groups is 1. The number of benzene rings is 1. The van der Waals surface area contributed by atoms with Gasteiger partial charge in [-0.2, -0.15) is 0 Å². The van der Waals surface area contributed by atoms with Gasteiger partial charge in [0.15, 0.2) is 0 Å². The third-order valence-corrected chi connectivity index (χ3v) is 6.10. The van der Waals surface area contributed by atoms with Crippen LogP contribution in [0.5, 0.6) is 0 Å². The van der Waals surface area contributed by atoms with Gasteiger partial charge in [0.1, 0.15) is 0 Å². The summed E-state index contributed by atoms with van der Waals surface area (Å²) in [6, 6.07) is 9.29. The average molecular weight is 328 g/mol. The molecule has 0 radical (unpaired) electrons. The molecule has 0 aliphatic carbocycles. The van der Waals surface area contributed by atoms with Crippen molar-refractivity contribution in [3.8, 4) is 0 Å². The van der Waals surface area contributed by atoms with E-state index in [1.165, 1.54) is 37.1 Å². The van der Waals surface area contributed by atoms with E-state index in [0.717, 1.165) is 26.0 Å². The predicted molar refractivity (Wildman–Crippen MR) is 93.8 cm³/mol. The summed E-state index contributed by atoms with van der Waals surface area (Å²) in [7, 11) is 0. The highest BCUT2D eigenvalue weighted by Gasteiger charge is 2.38. The molecule has 3 aliphatic rings. The number of amides is 1. The van der Waals surface area contributed by atoms with Gasteiger partial charge < -0.3 is 9.64 Å². The quantitative estimate of drug-likeness (QED) is 0.855. The summed E-state index contributed by atoms with van der Waals surface area (Å²) in [6.07, 6.45) is 5.11. The molecule has 1 aromatic carbocycles. The highest BCUT2D eigenvalue weighted by atomic mass is 16.5. The van der Waals surface area contributed by atoms with Crippen LogP contribution >= 0.6 is 0 Å². The summed E-state index contributed by atoms with van der Waals surface area (Å²) in [4.78, 5) is 17.6. The second kappa shape index (κ2) is 6.85. The first-order chi connectivity index (χ1) is 11.7. The molecule has 24 heavy (non-hydrogen) atoms. The van der Waals surface area contributed by atoms with E-state index in [0.29, 0.717) is 18.5 Å². The van der Waals surface area contributed by atoms with Gasteiger partial charge >= 0.3 is 0 Å². The third-order valence-electron chi connectivity index (χ3n) is 6.10. The minimum absolute atomic E-state index is 0.0690. The molecular formula is C20H28N2O2. The molecule has 0 unspecified atom stereocenters. The lowest BCUT2D eigenvalue weighted by Gasteiger charge is -2.32. The van der Waals surface area contributed by atoms with Crippen LogP contribution in [0.4, 0.5) is 0 Å². The normalized spacial score (nSPS) is 30.5. The molecule has 130 valence electrons. The fraction of sp³-hybridized carbons (Fsp3) is 0.650. The van der Waals surface area contributed by atoms with Gasteiger partial charge in [0, 0.05) is 18.6 Å². The number of ether oxygens (including phenoxy) is 1. The van der Waals surface area contributed by atoms with Gasteiger partial charge in [-0.15, -0.1) is 0 Å². The number of fused-ring (bicyclic) bond motifs is 1. The fourth-order valence-corrected chi connectivity index (χ4v) is 4.76. The monoisotopic (exact) mass is 328 g/mol. The maximum Gasteiger partial charge on any atom is 0.225 e. The van der Waals surface area contributed by atoms with Crippen molar-refractivity contribution in [3.05, 3.63) is 35.4 Å². The zero-order valence-electron chi connectivity index (χ0n) is 14.6. The van der Waals surface area contributed by atoms with Crippen LogP contribution in [0, 0.1) is 0 Å². The van der Waals surface area contributed by atoms with E-state index in [-0.39, 0.29) is 12.0 Å². The molecule has 0 aromatic heterocycles. The van der Waals surface area contributed by atoms with Gasteiger partial charge in [-0.1, -0.05) is 24.3 Å². The standard InChI is InChI=1S/C20H28N2O2/c1-15-18(21-10-4-5-11-21)8-12-22(15)20(23)14-19-17-7-3-2-6-16(17)9-13-24-19/h2-3,6-7,15,18-19H,4-5,8-14H2,1H3/t15-,18-,19-/m1/s1. The van der Waals surface area contributed by atoms with Gasteiger partial charge in [0.25, 0.3) is 0 Å². The first kappa shape index (κ1) is 16.1. The van der Waals surface area contributed by atoms with Gasteiger partial charge in [-0.3, -0.25) is 9.69 Å². The van der Waals surface area contributed by atoms with Crippen LogP contribution in [0.25, 0.3) is 0 Å². The Kier molecular flexibility index (Phi) is 4.59. The molecule has 3 atom stereocenters. The van der Waals surface area contributed by atoms with Crippen molar-refractivity contribution in [3.63, 3.8) is 0 Å². The van der Waals surface area contributed by atoms with Crippen molar-refractivity contribution in [2.45, 2.75) is 57.2 Å². The van der Waals surface area contributed by atoms with E-state index in [1.54, 1.807) is 0 Å². The molecule has 0 spiro atoms. The van der Waals surface area contributed by atoms with Crippen LogP contribution in [-0.4, -0.2) is 54.0 Å². The number of likely N-dealkylation sites (tertiary alicyclic amines) is 2. The van der Waals surface area contributed by atoms with Crippen LogP contribution in [0.3, 0.4) is 0 Å². The zero-order valence-corrected chi connectivity index (χ0v) is 14.6. The van der Waals surface area contributed by atoms with Crippen molar-refractivity contribution in [1.82, 2.24) is 9.80 Å². The lowest BCUT2D eigenvalue weighted by Crippen LogP contribution is -2.44. The van der Waals surface area contributed by atoms with Crippen molar-refractivity contribution < 1.29 is 9.53 Å². The summed E-state index contributed by atoms with van der Waals surface area (Å²) < 4.78 is 5.94. The maximum atomic E-state index is 12.9. The van der Waals surface area contributed by atoms with Gasteiger partial charge in [-0.25, -0.2) is 0 Å². The highest BCUT2D eigenvalue weighted by Crippen LogP contribution is 2.32. The van der Waals surface area contributed by atoms with E-state index in [1.807, 2.05) is 6.07 Å². The van der Waals surface area contributed by atoms with E-state index >= 15 is 0 Å². The van der Waals surface area contributed by atoms with Crippen molar-refractivity contribution in [1.29, 1.82) is 0 Å². The van der Waals surface area contributed by atoms with Gasteiger partial charge in [-0.05, 0) is 56.8 Å². The van der Waals surface area contributed by atoms with E-state index < -0.39 is 0 Å². The van der Waals surface area contributed by atoms with Gasteiger partial charge in [0.2, 0.25) is 5.91 Å². The molecule has 3 aliphatic heterocycles. The number of hydrogen-bond donors (Lipinski definition) is 0. The third kappa shape index (κ3) is 2.98. The summed E-state index contributed by atoms with van der Waals surface area (Å²) in [5.41, 5.74) is 2.55. The Morgan fingerprint density at radius 3 is 2.83 bits per heavy atom. The second-order valence-corrected chi connectivity index (χ2v) is 7.44. The number of carbonyl (C=O) groups excluding carboxylic acids is 1. The highest BCUT2D eigenvalue weighted by molar-refractivity contribution is 5.77. The molecule has 0 bridgehead atoms. The molecule has 2 fully saturated rings. The average Bonchev–Trinajstić information content (AvgIpc) is 3.24. The number of nitrogens with zero attached hydrogens (tertiary/aromatic N) is 2. The molecule has 3 heterocycles. The minimum atomic E-state index is -0.0690. The molecule has 4 nitrogen and oxygen atoms in total. The number of rotatable bonds is 3. The first-order valence-corrected chi connectivity index (χ1v) is 9.47. The Balaban J connectivity index is 1.42. The van der Waals surface area contributed by atoms with Gasteiger partial charge in [0.05, 0.1) is 19.1 Å². The lowest BCUT2D eigenvalue weighted by atomic mass is 9.95. The topological polar surface area (TPSA) is 32.8 Å². The first-order valence-electron chi connectivity index (χ1n) is 9.47. The Morgan fingerprint density at radius 2 is 2.00 bits per heavy atom. The summed E-state index contributed by atoms with van der Waals surface area (Å²) in [5.74, 6) is 0.255. The Hall–Kier alpha value is -1.39. The molecule has 1 aromatic rings. The maximum absolute atomic E-state index is 12.9. The van der Waals surface area contributed by atoms with Crippen LogP contribution in [-0.2, 0) is 16.0 Å². The largest absolute Gasteiger partial charge is 0.373 e. The smallest absolute Gasteiger partial charge is 0.225 e. The molecule has 1 amide bonds. The van der Waals surface area contributed by atoms with Crippen molar-refractivity contribution in [2.75, 3.05) is 26.2 Å². The summed E-state index contributed by atoms with van der Waals surface area (Å²) in [6.45, 7) is 6.26. The Morgan fingerprint density at radius 1 is 1.21 bits per heavy atom. The molecular weight excluding hydrogens is 300 g/mol. The summed E-state index contributed by atoms with van der Waals surface area (Å²) >= 11 is 0. The molecule has 4 heteroatoms. The van der Waals surface area contributed by atoms with Crippen LogP contribution in [0.15, 0.2) is 24.3 Å². The van der Waals surface area contributed by atoms with E-state index in [9.17, 15) is 4.79 Å². The molecule has 0 N–H and O–H groups in total. The second-order valence-electron chi connectivity index (χ2n) is 7.44. The SMILES string of the molecule is C[C@@H]1[C@H](N2CCCC2)CCN1C(=O)C[C@H]1OCCc2ccccc21. The van der Waals surface area contributed by atoms with Crippen LogP contribution in [0.1, 0.15) is 49.8 Å². The van der Waals surface area contributed by atoms with E-state index in [2.05, 4.69) is 34.9 Å². The number of hydrogen-bond acceptors (Lipinski definition) is 3. The molecule has 0 saturated carbocycles. The Labute approximate surface area is 144 Å². The van der Waals surface area contributed by atoms with Crippen LogP contribution in [0.2, 0.25) is 0 Å². The predicted octanol–water partition coefficient (Wildman–Crippen LogP) is 2.78. The van der Waals surface area contributed by atoms with E-state index in [4.69, 9.17) is 4.74 Å². The molecule has 2 saturated heterocycles. The fourth-order valence-electron chi connectivity index (χ4n) is 4.76. The van der Waals surface area contributed by atoms with Crippen LogP contribution < -0.4 is 0 Å².